The largest absolute Gasteiger partial charge is 0.418 e. The van der Waals surface area contributed by atoms with Crippen LogP contribution < -0.4 is 5.73 Å². The maximum absolute atomic E-state index is 12.6. The van der Waals surface area contributed by atoms with Crippen LogP contribution in [0.3, 0.4) is 0 Å². The molecule has 1 heterocycles. The summed E-state index contributed by atoms with van der Waals surface area (Å²) in [5, 5.41) is 6.54. The lowest BCUT2D eigenvalue weighted by Gasteiger charge is -2.13. The molecule has 2 aromatic rings. The number of alkyl halides is 3. The third kappa shape index (κ3) is 1.42. The first-order chi connectivity index (χ1) is 6.91. The van der Waals surface area contributed by atoms with Crippen LogP contribution in [0, 0.1) is 6.92 Å². The number of H-pyrrole nitrogens is 1. The maximum atomic E-state index is 12.6. The second-order valence-corrected chi connectivity index (χ2v) is 3.31. The van der Waals surface area contributed by atoms with Gasteiger partial charge in [-0.15, -0.1) is 0 Å². The second-order valence-electron chi connectivity index (χ2n) is 3.31. The van der Waals surface area contributed by atoms with E-state index in [9.17, 15) is 13.2 Å². The lowest BCUT2D eigenvalue weighted by atomic mass is 10.0. The van der Waals surface area contributed by atoms with Gasteiger partial charge in [-0.2, -0.15) is 18.3 Å². The predicted molar refractivity (Wildman–Crippen MR) is 50.2 cm³/mol. The van der Waals surface area contributed by atoms with Crippen molar-refractivity contribution in [3.8, 4) is 0 Å². The number of hydrogen-bond donors (Lipinski definition) is 2. The molecule has 0 spiro atoms. The van der Waals surface area contributed by atoms with E-state index >= 15 is 0 Å². The summed E-state index contributed by atoms with van der Waals surface area (Å²) in [6.45, 7) is 1.37. The molecule has 0 bridgehead atoms. The molecule has 0 saturated heterocycles. The van der Waals surface area contributed by atoms with E-state index in [2.05, 4.69) is 10.2 Å². The lowest BCUT2D eigenvalue weighted by Crippen LogP contribution is -2.11. The van der Waals surface area contributed by atoms with Gasteiger partial charge >= 0.3 is 6.18 Å². The first-order valence-electron chi connectivity index (χ1n) is 4.20. The molecule has 0 aliphatic carbocycles. The van der Waals surface area contributed by atoms with Crippen LogP contribution in [0.25, 0.3) is 10.9 Å². The third-order valence-electron chi connectivity index (χ3n) is 2.27. The van der Waals surface area contributed by atoms with Gasteiger partial charge in [0.1, 0.15) is 0 Å². The van der Waals surface area contributed by atoms with Crippen molar-refractivity contribution in [2.75, 3.05) is 5.73 Å². The van der Waals surface area contributed by atoms with E-state index in [1.807, 2.05) is 0 Å². The zero-order chi connectivity index (χ0) is 11.2. The summed E-state index contributed by atoms with van der Waals surface area (Å²) < 4.78 is 37.9. The number of hydrogen-bond acceptors (Lipinski definition) is 2. The first-order valence-corrected chi connectivity index (χ1v) is 4.20. The van der Waals surface area contributed by atoms with Gasteiger partial charge in [0.25, 0.3) is 0 Å². The number of aryl methyl sites for hydroxylation is 1. The van der Waals surface area contributed by atoms with Crippen molar-refractivity contribution in [3.05, 3.63) is 23.4 Å². The van der Waals surface area contributed by atoms with Gasteiger partial charge in [-0.05, 0) is 18.6 Å². The monoisotopic (exact) mass is 215 g/mol. The summed E-state index contributed by atoms with van der Waals surface area (Å²) >= 11 is 0. The van der Waals surface area contributed by atoms with E-state index in [1.165, 1.54) is 19.2 Å². The number of anilines is 1. The number of fused-ring (bicyclic) bond motifs is 1. The minimum absolute atomic E-state index is 0.0942. The number of aromatic nitrogens is 2. The highest BCUT2D eigenvalue weighted by Gasteiger charge is 2.35. The molecular formula is C9H8F3N3. The van der Waals surface area contributed by atoms with Gasteiger partial charge < -0.3 is 5.73 Å². The van der Waals surface area contributed by atoms with Crippen LogP contribution in [0.4, 0.5) is 18.9 Å². The van der Waals surface area contributed by atoms with Crippen LogP contribution in [0.5, 0.6) is 0 Å². The fourth-order valence-corrected chi connectivity index (χ4v) is 1.63. The molecule has 1 aromatic heterocycles. The number of nitrogens with one attached hydrogen (secondary N) is 1. The highest BCUT2D eigenvalue weighted by molar-refractivity contribution is 5.92. The SMILES string of the molecule is Cc1cc2[nH]ncc2c(N)c1C(F)(F)F. The smallest absolute Gasteiger partial charge is 0.398 e. The van der Waals surface area contributed by atoms with Crippen molar-refractivity contribution in [1.82, 2.24) is 10.2 Å². The van der Waals surface area contributed by atoms with E-state index in [1.54, 1.807) is 0 Å². The van der Waals surface area contributed by atoms with Crippen molar-refractivity contribution in [2.24, 2.45) is 0 Å². The van der Waals surface area contributed by atoms with Gasteiger partial charge in [0, 0.05) is 5.39 Å². The molecule has 0 radical (unpaired) electrons. The topological polar surface area (TPSA) is 54.7 Å². The van der Waals surface area contributed by atoms with Crippen molar-refractivity contribution in [3.63, 3.8) is 0 Å². The third-order valence-corrected chi connectivity index (χ3v) is 2.27. The van der Waals surface area contributed by atoms with Gasteiger partial charge in [-0.25, -0.2) is 0 Å². The average molecular weight is 215 g/mol. The minimum Gasteiger partial charge on any atom is -0.398 e. The summed E-state index contributed by atoms with van der Waals surface area (Å²) in [5.41, 5.74) is 5.02. The summed E-state index contributed by atoms with van der Waals surface area (Å²) in [7, 11) is 0. The van der Waals surface area contributed by atoms with E-state index in [0.717, 1.165) is 0 Å². The van der Waals surface area contributed by atoms with Crippen molar-refractivity contribution < 1.29 is 13.2 Å². The van der Waals surface area contributed by atoms with Crippen LogP contribution in [0.2, 0.25) is 0 Å². The predicted octanol–water partition coefficient (Wildman–Crippen LogP) is 2.47. The minimum atomic E-state index is -4.43. The lowest BCUT2D eigenvalue weighted by molar-refractivity contribution is -0.137. The van der Waals surface area contributed by atoms with Gasteiger partial charge in [-0.3, -0.25) is 5.10 Å². The standard InChI is InChI=1S/C9H8F3N3/c1-4-2-6-5(3-14-15-6)8(13)7(4)9(10,11)12/h2-3H,13H2,1H3,(H,14,15). The second kappa shape index (κ2) is 2.88. The Labute approximate surface area is 83.1 Å². The van der Waals surface area contributed by atoms with Gasteiger partial charge in [0.2, 0.25) is 0 Å². The Morgan fingerprint density at radius 2 is 2.07 bits per heavy atom. The fraction of sp³-hybridized carbons (Fsp3) is 0.222. The summed E-state index contributed by atoms with van der Waals surface area (Å²) in [6.07, 6.45) is -3.14. The summed E-state index contributed by atoms with van der Waals surface area (Å²) in [4.78, 5) is 0. The van der Waals surface area contributed by atoms with E-state index in [4.69, 9.17) is 5.73 Å². The molecule has 15 heavy (non-hydrogen) atoms. The van der Waals surface area contributed by atoms with Gasteiger partial charge in [0.05, 0.1) is 23.0 Å². The average Bonchev–Trinajstić information content (AvgIpc) is 2.48. The molecule has 80 valence electrons. The number of nitrogens with two attached hydrogens (primary N) is 1. The Kier molecular flexibility index (Phi) is 1.89. The number of halogens is 3. The number of benzene rings is 1. The zero-order valence-electron chi connectivity index (χ0n) is 7.81. The van der Waals surface area contributed by atoms with Crippen molar-refractivity contribution >= 4 is 16.6 Å². The highest BCUT2D eigenvalue weighted by atomic mass is 19.4. The Bertz CT molecular complexity index is 513. The molecule has 0 saturated carbocycles. The Morgan fingerprint density at radius 3 is 2.67 bits per heavy atom. The Morgan fingerprint density at radius 1 is 1.40 bits per heavy atom. The molecule has 2 rings (SSSR count). The quantitative estimate of drug-likeness (QED) is 0.663. The molecule has 3 N–H and O–H groups in total. The normalized spacial score (nSPS) is 12.3. The van der Waals surface area contributed by atoms with Crippen LogP contribution in [-0.2, 0) is 6.18 Å². The number of rotatable bonds is 0. The van der Waals surface area contributed by atoms with Crippen LogP contribution >= 0.6 is 0 Å². The van der Waals surface area contributed by atoms with E-state index in [-0.39, 0.29) is 11.3 Å². The molecule has 0 amide bonds. The number of nitrogen functional groups attached to an aromatic ring is 1. The molecule has 1 aromatic carbocycles. The van der Waals surface area contributed by atoms with E-state index < -0.39 is 11.7 Å². The van der Waals surface area contributed by atoms with Crippen LogP contribution in [0.1, 0.15) is 11.1 Å². The number of aromatic amines is 1. The van der Waals surface area contributed by atoms with E-state index in [0.29, 0.717) is 10.9 Å². The highest BCUT2D eigenvalue weighted by Crippen LogP contribution is 2.39. The summed E-state index contributed by atoms with van der Waals surface area (Å²) in [5.74, 6) is 0. The Balaban J connectivity index is 2.84. The fourth-order valence-electron chi connectivity index (χ4n) is 1.63. The molecule has 6 heteroatoms. The molecule has 0 atom stereocenters. The van der Waals surface area contributed by atoms with Crippen LogP contribution in [-0.4, -0.2) is 10.2 Å². The molecule has 0 aliphatic heterocycles. The van der Waals surface area contributed by atoms with Crippen molar-refractivity contribution in [1.29, 1.82) is 0 Å². The zero-order valence-corrected chi connectivity index (χ0v) is 7.81. The molecule has 3 nitrogen and oxygen atoms in total. The van der Waals surface area contributed by atoms with Gasteiger partial charge in [-0.1, -0.05) is 0 Å². The first kappa shape index (κ1) is 9.82. The summed E-state index contributed by atoms with van der Waals surface area (Å²) in [6, 6.07) is 1.39. The maximum Gasteiger partial charge on any atom is 0.418 e. The van der Waals surface area contributed by atoms with Crippen molar-refractivity contribution in [2.45, 2.75) is 13.1 Å². The molecule has 0 unspecified atom stereocenters. The Hall–Kier alpha value is -1.72. The van der Waals surface area contributed by atoms with Gasteiger partial charge in [0.15, 0.2) is 0 Å². The van der Waals surface area contributed by atoms with Crippen LogP contribution in [0.15, 0.2) is 12.3 Å². The molecular weight excluding hydrogens is 207 g/mol. The number of nitrogens with zero attached hydrogens (tertiary/aromatic N) is 1. The molecule has 0 fully saturated rings. The molecule has 0 aliphatic rings.